The summed E-state index contributed by atoms with van der Waals surface area (Å²) in [6.07, 6.45) is 0. The van der Waals surface area contributed by atoms with E-state index in [4.69, 9.17) is 9.47 Å². The summed E-state index contributed by atoms with van der Waals surface area (Å²) in [5, 5.41) is 3.29. The molecule has 0 unspecified atom stereocenters. The van der Waals surface area contributed by atoms with Crippen molar-refractivity contribution in [1.82, 2.24) is 15.1 Å². The van der Waals surface area contributed by atoms with Gasteiger partial charge in [-0.1, -0.05) is 12.1 Å². The van der Waals surface area contributed by atoms with E-state index >= 15 is 0 Å². The van der Waals surface area contributed by atoms with Crippen molar-refractivity contribution in [2.45, 2.75) is 6.54 Å². The van der Waals surface area contributed by atoms with Crippen LogP contribution in [-0.4, -0.2) is 69.7 Å². The number of ether oxygens (including phenoxy) is 2. The van der Waals surface area contributed by atoms with Gasteiger partial charge >= 0.3 is 0 Å². The van der Waals surface area contributed by atoms with Crippen molar-refractivity contribution in [2.75, 3.05) is 54.0 Å². The quantitative estimate of drug-likeness (QED) is 0.809. The van der Waals surface area contributed by atoms with Gasteiger partial charge in [-0.3, -0.25) is 9.69 Å². The number of halogens is 2. The summed E-state index contributed by atoms with van der Waals surface area (Å²) < 4.78 is 10.7. The molecule has 1 saturated heterocycles. The molecule has 1 aliphatic heterocycles. The number of likely N-dealkylation sites (N-methyl/N-ethyl adjacent to an activating group) is 1. The van der Waals surface area contributed by atoms with E-state index in [0.717, 1.165) is 31.7 Å². The third-order valence-corrected chi connectivity index (χ3v) is 3.89. The molecule has 1 amide bonds. The number of methoxy groups -OCH3 is 2. The SMILES string of the molecule is COc1cccc(CN(C)C(=O)CN2CCNCC2)c1OC.Cl.Cl. The van der Waals surface area contributed by atoms with Crippen molar-refractivity contribution in [3.05, 3.63) is 23.8 Å². The molecule has 0 aromatic heterocycles. The van der Waals surface area contributed by atoms with E-state index < -0.39 is 0 Å². The largest absolute Gasteiger partial charge is 0.493 e. The van der Waals surface area contributed by atoms with Gasteiger partial charge in [-0.15, -0.1) is 24.8 Å². The van der Waals surface area contributed by atoms with Crippen LogP contribution in [0, 0.1) is 0 Å². The number of carbonyl (C=O) groups is 1. The van der Waals surface area contributed by atoms with Gasteiger partial charge in [0.25, 0.3) is 0 Å². The average molecular weight is 380 g/mol. The highest BCUT2D eigenvalue weighted by molar-refractivity contribution is 5.85. The van der Waals surface area contributed by atoms with Crippen molar-refractivity contribution in [2.24, 2.45) is 0 Å². The fraction of sp³-hybridized carbons (Fsp3) is 0.562. The normalized spacial score (nSPS) is 14.1. The Kier molecular flexibility index (Phi) is 10.8. The zero-order valence-corrected chi connectivity index (χ0v) is 16.0. The second kappa shape index (κ2) is 11.4. The van der Waals surface area contributed by atoms with Crippen LogP contribution < -0.4 is 14.8 Å². The number of hydrogen-bond acceptors (Lipinski definition) is 5. The highest BCUT2D eigenvalue weighted by Gasteiger charge is 2.18. The Balaban J connectivity index is 0.00000264. The summed E-state index contributed by atoms with van der Waals surface area (Å²) in [5.74, 6) is 1.49. The molecule has 0 saturated carbocycles. The van der Waals surface area contributed by atoms with Gasteiger partial charge in [0.2, 0.25) is 5.91 Å². The average Bonchev–Trinajstić information content (AvgIpc) is 2.55. The monoisotopic (exact) mass is 379 g/mol. The minimum absolute atomic E-state index is 0. The van der Waals surface area contributed by atoms with Crippen molar-refractivity contribution in [3.8, 4) is 11.5 Å². The molecule has 0 atom stereocenters. The van der Waals surface area contributed by atoms with Crippen LogP contribution in [0.2, 0.25) is 0 Å². The number of carbonyl (C=O) groups excluding carboxylic acids is 1. The summed E-state index contributed by atoms with van der Waals surface area (Å²) in [6.45, 7) is 4.70. The molecule has 8 heteroatoms. The van der Waals surface area contributed by atoms with Gasteiger partial charge in [-0.2, -0.15) is 0 Å². The highest BCUT2D eigenvalue weighted by Crippen LogP contribution is 2.31. The fourth-order valence-corrected chi connectivity index (χ4v) is 2.60. The third kappa shape index (κ3) is 6.02. The van der Waals surface area contributed by atoms with Crippen LogP contribution in [-0.2, 0) is 11.3 Å². The number of benzene rings is 1. The van der Waals surface area contributed by atoms with Gasteiger partial charge in [0.1, 0.15) is 0 Å². The van der Waals surface area contributed by atoms with Crippen LogP contribution in [0.25, 0.3) is 0 Å². The minimum Gasteiger partial charge on any atom is -0.493 e. The van der Waals surface area contributed by atoms with Crippen molar-refractivity contribution < 1.29 is 14.3 Å². The van der Waals surface area contributed by atoms with E-state index in [1.54, 1.807) is 19.1 Å². The predicted octanol–water partition coefficient (Wildman–Crippen LogP) is 1.41. The van der Waals surface area contributed by atoms with Crippen LogP contribution in [0.15, 0.2) is 18.2 Å². The second-order valence-electron chi connectivity index (χ2n) is 5.43. The van der Waals surface area contributed by atoms with Gasteiger partial charge in [0, 0.05) is 45.3 Å². The van der Waals surface area contributed by atoms with Crippen molar-refractivity contribution >= 4 is 30.7 Å². The third-order valence-electron chi connectivity index (χ3n) is 3.89. The van der Waals surface area contributed by atoms with Gasteiger partial charge in [-0.25, -0.2) is 0 Å². The van der Waals surface area contributed by atoms with Crippen LogP contribution in [0.4, 0.5) is 0 Å². The zero-order valence-electron chi connectivity index (χ0n) is 14.4. The lowest BCUT2D eigenvalue weighted by molar-refractivity contribution is -0.131. The Bertz CT molecular complexity index is 511. The molecule has 2 rings (SSSR count). The van der Waals surface area contributed by atoms with Crippen molar-refractivity contribution in [1.29, 1.82) is 0 Å². The molecule has 1 N–H and O–H groups in total. The first-order valence-electron chi connectivity index (χ1n) is 7.52. The molecule has 0 radical (unpaired) electrons. The lowest BCUT2D eigenvalue weighted by atomic mass is 10.1. The van der Waals surface area contributed by atoms with Gasteiger partial charge in [-0.05, 0) is 6.07 Å². The highest BCUT2D eigenvalue weighted by atomic mass is 35.5. The molecule has 1 aromatic rings. The number of amides is 1. The van der Waals surface area contributed by atoms with E-state index in [0.29, 0.717) is 24.6 Å². The molecular formula is C16H27Cl2N3O3. The molecular weight excluding hydrogens is 353 g/mol. The fourth-order valence-electron chi connectivity index (χ4n) is 2.60. The number of piperazine rings is 1. The van der Waals surface area contributed by atoms with E-state index in [2.05, 4.69) is 10.2 Å². The molecule has 138 valence electrons. The first-order chi connectivity index (χ1) is 10.7. The lowest BCUT2D eigenvalue weighted by Crippen LogP contribution is -2.47. The maximum Gasteiger partial charge on any atom is 0.236 e. The van der Waals surface area contributed by atoms with Gasteiger partial charge in [0.05, 0.1) is 20.8 Å². The van der Waals surface area contributed by atoms with Crippen molar-refractivity contribution in [3.63, 3.8) is 0 Å². The number of rotatable bonds is 6. The molecule has 1 fully saturated rings. The summed E-state index contributed by atoms with van der Waals surface area (Å²) in [5.41, 5.74) is 0.943. The summed E-state index contributed by atoms with van der Waals surface area (Å²) in [6, 6.07) is 5.71. The summed E-state index contributed by atoms with van der Waals surface area (Å²) >= 11 is 0. The van der Waals surface area contributed by atoms with E-state index in [1.165, 1.54) is 0 Å². The Morgan fingerprint density at radius 2 is 1.88 bits per heavy atom. The Labute approximate surface area is 156 Å². The molecule has 1 aromatic carbocycles. The first kappa shape index (κ1) is 22.8. The Morgan fingerprint density at radius 3 is 2.46 bits per heavy atom. The second-order valence-corrected chi connectivity index (χ2v) is 5.43. The van der Waals surface area contributed by atoms with E-state index in [1.807, 2.05) is 25.2 Å². The van der Waals surface area contributed by atoms with E-state index in [9.17, 15) is 4.79 Å². The summed E-state index contributed by atoms with van der Waals surface area (Å²) in [7, 11) is 5.05. The molecule has 6 nitrogen and oxygen atoms in total. The van der Waals surface area contributed by atoms with Gasteiger partial charge < -0.3 is 19.7 Å². The molecule has 1 heterocycles. The minimum atomic E-state index is 0. The number of para-hydroxylation sites is 1. The maximum atomic E-state index is 12.4. The van der Waals surface area contributed by atoms with Crippen LogP contribution in [0.3, 0.4) is 0 Å². The summed E-state index contributed by atoms with van der Waals surface area (Å²) in [4.78, 5) is 16.3. The number of nitrogens with zero attached hydrogens (tertiary/aromatic N) is 2. The number of nitrogens with one attached hydrogen (secondary N) is 1. The zero-order chi connectivity index (χ0) is 15.9. The molecule has 1 aliphatic rings. The first-order valence-corrected chi connectivity index (χ1v) is 7.52. The standard InChI is InChI=1S/C16H25N3O3.2ClH/c1-18(15(20)12-19-9-7-17-8-10-19)11-13-5-4-6-14(21-2)16(13)22-3;;/h4-6,17H,7-12H2,1-3H3;2*1H. The molecule has 24 heavy (non-hydrogen) atoms. The Hall–Kier alpha value is -1.21. The molecule has 0 spiro atoms. The number of hydrogen-bond donors (Lipinski definition) is 1. The molecule has 0 aliphatic carbocycles. The maximum absolute atomic E-state index is 12.4. The smallest absolute Gasteiger partial charge is 0.236 e. The molecule has 0 bridgehead atoms. The topological polar surface area (TPSA) is 54.0 Å². The predicted molar refractivity (Wildman–Crippen MR) is 99.8 cm³/mol. The lowest BCUT2D eigenvalue weighted by Gasteiger charge is -2.28. The van der Waals surface area contributed by atoms with Gasteiger partial charge in [0.15, 0.2) is 11.5 Å². The van der Waals surface area contributed by atoms with E-state index in [-0.39, 0.29) is 30.7 Å². The van der Waals surface area contributed by atoms with Crippen LogP contribution in [0.5, 0.6) is 11.5 Å². The van der Waals surface area contributed by atoms with Crippen LogP contribution in [0.1, 0.15) is 5.56 Å². The Morgan fingerprint density at radius 1 is 1.21 bits per heavy atom. The van der Waals surface area contributed by atoms with Crippen LogP contribution >= 0.6 is 24.8 Å².